The average molecular weight is 319 g/mol. The first-order chi connectivity index (χ1) is 10.1. The number of hydrogen-bond acceptors (Lipinski definition) is 4. The Morgan fingerprint density at radius 1 is 1.52 bits per heavy atom. The minimum Gasteiger partial charge on any atom is -0.271 e. The zero-order valence-electron chi connectivity index (χ0n) is 12.1. The number of thioether (sulfide) groups is 1. The number of rotatable bonds is 2. The van der Waals surface area contributed by atoms with Crippen LogP contribution in [0.2, 0.25) is 5.02 Å². The number of benzene rings is 1. The normalized spacial score (nSPS) is 11.5. The van der Waals surface area contributed by atoms with Crippen LogP contribution in [0.15, 0.2) is 23.2 Å². The lowest BCUT2D eigenvalue weighted by atomic mass is 10.1. The zero-order valence-corrected chi connectivity index (χ0v) is 13.6. The minimum absolute atomic E-state index is 0.545. The van der Waals surface area contributed by atoms with Gasteiger partial charge in [-0.3, -0.25) is 10.3 Å². The van der Waals surface area contributed by atoms with Crippen molar-refractivity contribution in [2.75, 3.05) is 6.26 Å². The van der Waals surface area contributed by atoms with Gasteiger partial charge in [-0.2, -0.15) is 5.26 Å². The predicted molar refractivity (Wildman–Crippen MR) is 90.2 cm³/mol. The first kappa shape index (κ1) is 15.6. The minimum atomic E-state index is 0.545. The molecule has 2 aromatic rings. The van der Waals surface area contributed by atoms with Crippen molar-refractivity contribution in [2.45, 2.75) is 20.3 Å². The number of aliphatic imine (C=N–C) groups is 1. The fraction of sp³-hybridized carbons (Fsp3) is 0.267. The topological polar surface area (TPSA) is 61.1 Å². The van der Waals surface area contributed by atoms with Crippen LogP contribution in [0, 0.1) is 18.4 Å². The number of aromatic nitrogens is 1. The van der Waals surface area contributed by atoms with Crippen LogP contribution in [-0.2, 0) is 6.42 Å². The molecular weight excluding hydrogens is 304 g/mol. The molecule has 6 heteroatoms. The fourth-order valence-electron chi connectivity index (χ4n) is 2.14. The van der Waals surface area contributed by atoms with Gasteiger partial charge in [0.2, 0.25) is 0 Å². The standard InChI is InChI=1S/C15H15ClN4S/c1-4-11-9(2)19-13-6-5-10(7-12(13)14(11)16)20-15(21-3)18-8-17/h5-7H,4H2,1-3H3,(H,18,20). The van der Waals surface area contributed by atoms with Crippen LogP contribution in [0.3, 0.4) is 0 Å². The highest BCUT2D eigenvalue weighted by atomic mass is 35.5. The Morgan fingerprint density at radius 3 is 2.90 bits per heavy atom. The van der Waals surface area contributed by atoms with Crippen molar-refractivity contribution in [3.63, 3.8) is 0 Å². The second kappa shape index (κ2) is 6.79. The largest absolute Gasteiger partial charge is 0.271 e. The van der Waals surface area contributed by atoms with Crippen molar-refractivity contribution >= 4 is 45.1 Å². The summed E-state index contributed by atoms with van der Waals surface area (Å²) < 4.78 is 0. The van der Waals surface area contributed by atoms with Crippen molar-refractivity contribution in [1.82, 2.24) is 10.3 Å². The Labute approximate surface area is 133 Å². The van der Waals surface area contributed by atoms with Crippen LogP contribution in [0.25, 0.3) is 10.9 Å². The first-order valence-electron chi connectivity index (χ1n) is 6.47. The number of hydrogen-bond donors (Lipinski definition) is 1. The summed E-state index contributed by atoms with van der Waals surface area (Å²) in [6, 6.07) is 5.67. The predicted octanol–water partition coefficient (Wildman–Crippen LogP) is 4.18. The molecule has 0 unspecified atom stereocenters. The highest BCUT2D eigenvalue weighted by Gasteiger charge is 2.10. The van der Waals surface area contributed by atoms with E-state index in [0.29, 0.717) is 5.17 Å². The second-order valence-corrected chi connectivity index (χ2v) is 5.58. The smallest absolute Gasteiger partial charge is 0.183 e. The van der Waals surface area contributed by atoms with Crippen molar-refractivity contribution in [1.29, 1.82) is 5.26 Å². The van der Waals surface area contributed by atoms with Crippen molar-refractivity contribution in [3.05, 3.63) is 34.5 Å². The molecule has 0 spiro atoms. The third-order valence-corrected chi connectivity index (χ3v) is 4.16. The summed E-state index contributed by atoms with van der Waals surface area (Å²) in [7, 11) is 0. The zero-order chi connectivity index (χ0) is 15.4. The SMILES string of the molecule is CCc1c(C)nc2ccc(N=C(NC#N)SC)cc2c1Cl. The van der Waals surface area contributed by atoms with Crippen LogP contribution in [-0.4, -0.2) is 16.4 Å². The maximum Gasteiger partial charge on any atom is 0.183 e. The van der Waals surface area contributed by atoms with Crippen LogP contribution >= 0.6 is 23.4 Å². The van der Waals surface area contributed by atoms with Gasteiger partial charge < -0.3 is 0 Å². The maximum absolute atomic E-state index is 8.67. The van der Waals surface area contributed by atoms with Crippen LogP contribution < -0.4 is 5.32 Å². The Hall–Kier alpha value is -1.77. The summed E-state index contributed by atoms with van der Waals surface area (Å²) in [6.45, 7) is 4.03. The van der Waals surface area contributed by atoms with Crippen LogP contribution in [0.1, 0.15) is 18.2 Å². The van der Waals surface area contributed by atoms with Gasteiger partial charge in [0.15, 0.2) is 11.4 Å². The molecule has 1 aromatic carbocycles. The van der Waals surface area contributed by atoms with Gasteiger partial charge in [0.1, 0.15) is 0 Å². The number of pyridine rings is 1. The van der Waals surface area contributed by atoms with E-state index in [1.165, 1.54) is 11.8 Å². The number of nitriles is 1. The average Bonchev–Trinajstić information content (AvgIpc) is 2.48. The first-order valence-corrected chi connectivity index (χ1v) is 8.07. The highest BCUT2D eigenvalue weighted by molar-refractivity contribution is 8.13. The molecular formula is C15H15ClN4S. The van der Waals surface area contributed by atoms with Crippen LogP contribution in [0.5, 0.6) is 0 Å². The number of amidine groups is 1. The number of aryl methyl sites for hydroxylation is 1. The molecule has 4 nitrogen and oxygen atoms in total. The van der Waals surface area contributed by atoms with Crippen molar-refractivity contribution in [2.24, 2.45) is 4.99 Å². The van der Waals surface area contributed by atoms with Gasteiger partial charge >= 0.3 is 0 Å². The van der Waals surface area contributed by atoms with Gasteiger partial charge in [-0.25, -0.2) is 4.99 Å². The van der Waals surface area contributed by atoms with Gasteiger partial charge in [-0.1, -0.05) is 30.3 Å². The summed E-state index contributed by atoms with van der Waals surface area (Å²) >= 11 is 7.87. The molecule has 21 heavy (non-hydrogen) atoms. The molecule has 1 aromatic heterocycles. The molecule has 0 radical (unpaired) electrons. The summed E-state index contributed by atoms with van der Waals surface area (Å²) in [5, 5.41) is 13.4. The molecule has 0 fully saturated rings. The number of halogens is 1. The van der Waals surface area contributed by atoms with E-state index in [0.717, 1.165) is 39.3 Å². The molecule has 0 saturated heterocycles. The number of nitrogens with one attached hydrogen (secondary N) is 1. The highest BCUT2D eigenvalue weighted by Crippen LogP contribution is 2.31. The van der Waals surface area contributed by atoms with E-state index in [9.17, 15) is 0 Å². The second-order valence-electron chi connectivity index (χ2n) is 4.40. The van der Waals surface area contributed by atoms with E-state index in [2.05, 4.69) is 22.2 Å². The molecule has 2 rings (SSSR count). The molecule has 0 amide bonds. The van der Waals surface area contributed by atoms with Crippen molar-refractivity contribution in [3.8, 4) is 6.19 Å². The monoisotopic (exact) mass is 318 g/mol. The fourth-order valence-corrected chi connectivity index (χ4v) is 2.90. The summed E-state index contributed by atoms with van der Waals surface area (Å²) in [5.74, 6) is 0. The third-order valence-electron chi connectivity index (χ3n) is 3.15. The molecule has 0 aliphatic heterocycles. The van der Waals surface area contributed by atoms with E-state index in [1.54, 1.807) is 0 Å². The molecule has 0 aliphatic rings. The molecule has 0 atom stereocenters. The van der Waals surface area contributed by atoms with Gasteiger partial charge in [0, 0.05) is 11.1 Å². The molecule has 0 aliphatic carbocycles. The summed E-state index contributed by atoms with van der Waals surface area (Å²) in [6.07, 6.45) is 4.57. The summed E-state index contributed by atoms with van der Waals surface area (Å²) in [5.41, 5.74) is 3.62. The van der Waals surface area contributed by atoms with Crippen LogP contribution in [0.4, 0.5) is 5.69 Å². The summed E-state index contributed by atoms with van der Waals surface area (Å²) in [4.78, 5) is 8.97. The third kappa shape index (κ3) is 3.29. The lowest BCUT2D eigenvalue weighted by Gasteiger charge is -2.09. The van der Waals surface area contributed by atoms with Gasteiger partial charge in [-0.15, -0.1) is 0 Å². The van der Waals surface area contributed by atoms with Gasteiger partial charge in [0.25, 0.3) is 0 Å². The molecule has 108 valence electrons. The number of fused-ring (bicyclic) bond motifs is 1. The van der Waals surface area contributed by atoms with E-state index >= 15 is 0 Å². The van der Waals surface area contributed by atoms with Gasteiger partial charge in [0.05, 0.1) is 16.2 Å². The van der Waals surface area contributed by atoms with E-state index < -0.39 is 0 Å². The number of nitrogens with zero attached hydrogens (tertiary/aromatic N) is 3. The lowest BCUT2D eigenvalue weighted by Crippen LogP contribution is -2.12. The molecule has 0 bridgehead atoms. The van der Waals surface area contributed by atoms with E-state index in [-0.39, 0.29) is 0 Å². The Morgan fingerprint density at radius 2 is 2.29 bits per heavy atom. The molecule has 0 saturated carbocycles. The Balaban J connectivity index is 2.58. The molecule has 1 heterocycles. The quantitative estimate of drug-likeness (QED) is 0.390. The van der Waals surface area contributed by atoms with Crippen molar-refractivity contribution < 1.29 is 0 Å². The van der Waals surface area contributed by atoms with E-state index in [1.807, 2.05) is 37.6 Å². The Kier molecular flexibility index (Phi) is 5.05. The Bertz CT molecular complexity index is 749. The van der Waals surface area contributed by atoms with E-state index in [4.69, 9.17) is 16.9 Å². The van der Waals surface area contributed by atoms with Gasteiger partial charge in [-0.05, 0) is 43.4 Å². The maximum atomic E-state index is 8.67. The molecule has 1 N–H and O–H groups in total. The lowest BCUT2D eigenvalue weighted by molar-refractivity contribution is 1.07.